The number of hydrogen-bond acceptors (Lipinski definition) is 2. The third-order valence-electron chi connectivity index (χ3n) is 5.60. The number of fused-ring (bicyclic) bond motifs is 2. The van der Waals surface area contributed by atoms with E-state index in [1.807, 2.05) is 0 Å². The summed E-state index contributed by atoms with van der Waals surface area (Å²) in [5.74, 6) is 1.20. The number of likely N-dealkylation sites (tertiary alicyclic amines) is 1. The molecule has 3 nitrogen and oxygen atoms in total. The summed E-state index contributed by atoms with van der Waals surface area (Å²) in [7, 11) is 0. The number of hydrogen-bond donors (Lipinski definition) is 1. The number of rotatable bonds is 3. The van der Waals surface area contributed by atoms with Crippen molar-refractivity contribution in [2.45, 2.75) is 63.8 Å². The summed E-state index contributed by atoms with van der Waals surface area (Å²) in [5, 5.41) is 0. The van der Waals surface area contributed by atoms with Crippen molar-refractivity contribution in [1.82, 2.24) is 4.90 Å². The van der Waals surface area contributed by atoms with Crippen LogP contribution in [0.4, 0.5) is 0 Å². The van der Waals surface area contributed by atoms with Gasteiger partial charge < -0.3 is 10.6 Å². The van der Waals surface area contributed by atoms with Crippen molar-refractivity contribution in [2.24, 2.45) is 17.1 Å². The van der Waals surface area contributed by atoms with Crippen LogP contribution in [0, 0.1) is 11.3 Å². The van der Waals surface area contributed by atoms with Crippen molar-refractivity contribution in [1.29, 1.82) is 0 Å². The maximum atomic E-state index is 12.5. The van der Waals surface area contributed by atoms with Gasteiger partial charge in [-0.05, 0) is 50.0 Å². The molecule has 2 atom stereocenters. The SMILES string of the molecule is NCC1(CC(=O)N2CC3CCC2C3)CCCCC1. The highest BCUT2D eigenvalue weighted by Gasteiger charge is 2.42. The van der Waals surface area contributed by atoms with Gasteiger partial charge in [-0.3, -0.25) is 4.79 Å². The van der Waals surface area contributed by atoms with Gasteiger partial charge in [0, 0.05) is 19.0 Å². The average Bonchev–Trinajstić information content (AvgIpc) is 3.02. The molecule has 3 fully saturated rings. The predicted octanol–water partition coefficient (Wildman–Crippen LogP) is 2.30. The Balaban J connectivity index is 1.62. The minimum absolute atomic E-state index is 0.136. The molecule has 0 aromatic carbocycles. The Labute approximate surface area is 110 Å². The number of amides is 1. The maximum Gasteiger partial charge on any atom is 0.223 e. The van der Waals surface area contributed by atoms with Crippen molar-refractivity contribution in [2.75, 3.05) is 13.1 Å². The molecule has 2 saturated carbocycles. The molecule has 102 valence electrons. The molecule has 0 spiro atoms. The summed E-state index contributed by atoms with van der Waals surface area (Å²) >= 11 is 0. The Morgan fingerprint density at radius 1 is 1.22 bits per heavy atom. The summed E-state index contributed by atoms with van der Waals surface area (Å²) in [6.45, 7) is 1.73. The molecular weight excluding hydrogens is 224 g/mol. The van der Waals surface area contributed by atoms with Crippen LogP contribution in [0.2, 0.25) is 0 Å². The number of piperidine rings is 1. The zero-order valence-corrected chi connectivity index (χ0v) is 11.4. The molecule has 18 heavy (non-hydrogen) atoms. The van der Waals surface area contributed by atoms with E-state index in [1.54, 1.807) is 0 Å². The standard InChI is InChI=1S/C15H26N2O/c16-11-15(6-2-1-3-7-15)9-14(18)17-10-12-4-5-13(17)8-12/h12-13H,1-11,16H2. The Kier molecular flexibility index (Phi) is 3.35. The van der Waals surface area contributed by atoms with E-state index in [-0.39, 0.29) is 5.41 Å². The first-order chi connectivity index (χ1) is 8.72. The summed E-state index contributed by atoms with van der Waals surface area (Å²) in [6.07, 6.45) is 10.7. The first kappa shape index (κ1) is 12.5. The first-order valence-corrected chi connectivity index (χ1v) is 7.72. The smallest absolute Gasteiger partial charge is 0.223 e. The lowest BCUT2D eigenvalue weighted by Crippen LogP contribution is -2.43. The van der Waals surface area contributed by atoms with Crippen molar-refractivity contribution >= 4 is 5.91 Å². The van der Waals surface area contributed by atoms with Crippen LogP contribution in [-0.4, -0.2) is 29.9 Å². The van der Waals surface area contributed by atoms with E-state index >= 15 is 0 Å². The Morgan fingerprint density at radius 3 is 2.56 bits per heavy atom. The summed E-state index contributed by atoms with van der Waals surface area (Å²) < 4.78 is 0. The Morgan fingerprint density at radius 2 is 2.00 bits per heavy atom. The third-order valence-corrected chi connectivity index (χ3v) is 5.60. The second-order valence-electron chi connectivity index (χ2n) is 6.82. The van der Waals surface area contributed by atoms with E-state index in [0.29, 0.717) is 24.9 Å². The van der Waals surface area contributed by atoms with Crippen molar-refractivity contribution in [3.8, 4) is 0 Å². The van der Waals surface area contributed by atoms with Crippen LogP contribution < -0.4 is 5.73 Å². The van der Waals surface area contributed by atoms with Gasteiger partial charge in [-0.2, -0.15) is 0 Å². The van der Waals surface area contributed by atoms with Gasteiger partial charge in [0.05, 0.1) is 0 Å². The van der Waals surface area contributed by atoms with Crippen LogP contribution in [-0.2, 0) is 4.79 Å². The molecule has 1 saturated heterocycles. The molecule has 1 aliphatic heterocycles. The predicted molar refractivity (Wildman–Crippen MR) is 72.0 cm³/mol. The molecule has 3 aliphatic rings. The molecule has 3 heteroatoms. The topological polar surface area (TPSA) is 46.3 Å². The minimum Gasteiger partial charge on any atom is -0.339 e. The largest absolute Gasteiger partial charge is 0.339 e. The summed E-state index contributed by atoms with van der Waals surface area (Å²) in [5.41, 5.74) is 6.13. The first-order valence-electron chi connectivity index (χ1n) is 7.72. The van der Waals surface area contributed by atoms with E-state index in [0.717, 1.165) is 25.3 Å². The third kappa shape index (κ3) is 2.18. The Hall–Kier alpha value is -0.570. The van der Waals surface area contributed by atoms with Crippen molar-refractivity contribution < 1.29 is 4.79 Å². The van der Waals surface area contributed by atoms with E-state index in [4.69, 9.17) is 5.73 Å². The molecule has 0 radical (unpaired) electrons. The summed E-state index contributed by atoms with van der Waals surface area (Å²) in [6, 6.07) is 0.570. The van der Waals surface area contributed by atoms with Gasteiger partial charge in [-0.15, -0.1) is 0 Å². The van der Waals surface area contributed by atoms with Crippen LogP contribution in [0.3, 0.4) is 0 Å². The van der Waals surface area contributed by atoms with Crippen LogP contribution in [0.5, 0.6) is 0 Å². The number of carbonyl (C=O) groups is 1. The zero-order valence-electron chi connectivity index (χ0n) is 11.4. The van der Waals surface area contributed by atoms with Gasteiger partial charge in [-0.1, -0.05) is 19.3 Å². The highest BCUT2D eigenvalue weighted by molar-refractivity contribution is 5.78. The minimum atomic E-state index is 0.136. The molecular formula is C15H26N2O. The van der Waals surface area contributed by atoms with E-state index in [1.165, 1.54) is 38.5 Å². The van der Waals surface area contributed by atoms with E-state index in [9.17, 15) is 4.79 Å². The van der Waals surface area contributed by atoms with Crippen LogP contribution >= 0.6 is 0 Å². The second-order valence-corrected chi connectivity index (χ2v) is 6.82. The van der Waals surface area contributed by atoms with Crippen molar-refractivity contribution in [3.05, 3.63) is 0 Å². The van der Waals surface area contributed by atoms with Gasteiger partial charge in [-0.25, -0.2) is 0 Å². The molecule has 0 aromatic heterocycles. The van der Waals surface area contributed by atoms with E-state index in [2.05, 4.69) is 4.90 Å². The Bertz CT molecular complexity index is 322. The molecule has 2 N–H and O–H groups in total. The van der Waals surface area contributed by atoms with Gasteiger partial charge in [0.1, 0.15) is 0 Å². The second kappa shape index (κ2) is 4.84. The number of nitrogens with zero attached hydrogens (tertiary/aromatic N) is 1. The molecule has 1 heterocycles. The zero-order chi connectivity index (χ0) is 12.6. The summed E-state index contributed by atoms with van der Waals surface area (Å²) in [4.78, 5) is 14.7. The normalized spacial score (nSPS) is 33.9. The van der Waals surface area contributed by atoms with Crippen molar-refractivity contribution in [3.63, 3.8) is 0 Å². The fraction of sp³-hybridized carbons (Fsp3) is 0.933. The lowest BCUT2D eigenvalue weighted by atomic mass is 9.71. The average molecular weight is 250 g/mol. The van der Waals surface area contributed by atoms with Crippen LogP contribution in [0.25, 0.3) is 0 Å². The van der Waals surface area contributed by atoms with Crippen LogP contribution in [0.1, 0.15) is 57.8 Å². The van der Waals surface area contributed by atoms with Gasteiger partial charge in [0.25, 0.3) is 0 Å². The molecule has 0 aromatic rings. The molecule has 1 amide bonds. The quantitative estimate of drug-likeness (QED) is 0.835. The fourth-order valence-electron chi connectivity index (χ4n) is 4.41. The number of carbonyl (C=O) groups excluding carboxylic acids is 1. The lowest BCUT2D eigenvalue weighted by Gasteiger charge is -2.38. The van der Waals surface area contributed by atoms with Crippen LogP contribution in [0.15, 0.2) is 0 Å². The molecule has 2 aliphatic carbocycles. The highest BCUT2D eigenvalue weighted by atomic mass is 16.2. The van der Waals surface area contributed by atoms with Gasteiger partial charge in [0.15, 0.2) is 0 Å². The highest BCUT2D eigenvalue weighted by Crippen LogP contribution is 2.42. The molecule has 2 bridgehead atoms. The fourth-order valence-corrected chi connectivity index (χ4v) is 4.41. The lowest BCUT2D eigenvalue weighted by molar-refractivity contribution is -0.135. The van der Waals surface area contributed by atoms with Gasteiger partial charge >= 0.3 is 0 Å². The molecule has 2 unspecified atom stereocenters. The van der Waals surface area contributed by atoms with E-state index < -0.39 is 0 Å². The monoisotopic (exact) mass is 250 g/mol. The number of nitrogens with two attached hydrogens (primary N) is 1. The van der Waals surface area contributed by atoms with Gasteiger partial charge in [0.2, 0.25) is 5.91 Å². The molecule has 3 rings (SSSR count). The maximum absolute atomic E-state index is 12.5.